The van der Waals surface area contributed by atoms with Crippen LogP contribution in [0.25, 0.3) is 0 Å². The molecule has 0 aromatic heterocycles. The number of Topliss-reactive ketones (excluding diaryl/α,β-unsaturated/α-hetero) is 1. The van der Waals surface area contributed by atoms with Crippen LogP contribution in [0.4, 0.5) is 11.4 Å². The van der Waals surface area contributed by atoms with Gasteiger partial charge in [-0.2, -0.15) is 0 Å². The van der Waals surface area contributed by atoms with Crippen LogP contribution in [0.5, 0.6) is 0 Å². The quantitative estimate of drug-likeness (QED) is 0.708. The number of amides is 1. The third-order valence-corrected chi connectivity index (χ3v) is 6.18. The predicted molar refractivity (Wildman–Crippen MR) is 123 cm³/mol. The molecule has 2 aromatic carbocycles. The summed E-state index contributed by atoms with van der Waals surface area (Å²) in [5.74, 6) is -0.990. The Morgan fingerprint density at radius 2 is 1.65 bits per heavy atom. The number of nitrogens with zero attached hydrogens (tertiary/aromatic N) is 2. The maximum absolute atomic E-state index is 13.2. The van der Waals surface area contributed by atoms with Crippen LogP contribution in [-0.4, -0.2) is 29.9 Å². The van der Waals surface area contributed by atoms with E-state index in [9.17, 15) is 14.7 Å². The lowest BCUT2D eigenvalue weighted by molar-refractivity contribution is -0.118. The van der Waals surface area contributed by atoms with Gasteiger partial charge in [0, 0.05) is 30.9 Å². The highest BCUT2D eigenvalue weighted by Crippen LogP contribution is 2.43. The Morgan fingerprint density at radius 1 is 1.03 bits per heavy atom. The lowest BCUT2D eigenvalue weighted by Gasteiger charge is -2.29. The number of ketones is 1. The van der Waals surface area contributed by atoms with E-state index in [0.29, 0.717) is 5.69 Å². The Kier molecular flexibility index (Phi) is 5.86. The number of aliphatic hydroxyl groups excluding tert-OH is 1. The zero-order valence-electron chi connectivity index (χ0n) is 18.5. The topological polar surface area (TPSA) is 60.9 Å². The first-order chi connectivity index (χ1) is 14.9. The number of hydrogen-bond donors (Lipinski definition) is 1. The fraction of sp³-hybridized carbons (Fsp3) is 0.385. The molecule has 0 spiro atoms. The number of anilines is 2. The molecule has 1 saturated heterocycles. The smallest absolute Gasteiger partial charge is 0.294 e. The molecule has 1 unspecified atom stereocenters. The van der Waals surface area contributed by atoms with Gasteiger partial charge in [0.1, 0.15) is 0 Å². The second kappa shape index (κ2) is 8.58. The summed E-state index contributed by atoms with van der Waals surface area (Å²) in [5.41, 5.74) is 3.85. The highest BCUT2D eigenvalue weighted by atomic mass is 16.3. The van der Waals surface area contributed by atoms with Crippen LogP contribution in [0.1, 0.15) is 50.3 Å². The monoisotopic (exact) mass is 418 g/mol. The predicted octanol–water partition coefficient (Wildman–Crippen LogP) is 5.11. The van der Waals surface area contributed by atoms with Gasteiger partial charge in [0.2, 0.25) is 0 Å². The SMILES string of the molecule is Cc1ccccc1C1C(C(=O)CC(C)C)=C(O)C(=O)N1c1ccc(N2CCCC2)cc1. The molecule has 0 radical (unpaired) electrons. The van der Waals surface area contributed by atoms with Crippen molar-refractivity contribution in [3.05, 3.63) is 71.0 Å². The van der Waals surface area contributed by atoms with Crippen LogP contribution < -0.4 is 9.80 Å². The molecule has 0 bridgehead atoms. The van der Waals surface area contributed by atoms with Crippen molar-refractivity contribution in [2.45, 2.75) is 46.1 Å². The van der Waals surface area contributed by atoms with Crippen LogP contribution >= 0.6 is 0 Å². The van der Waals surface area contributed by atoms with Crippen LogP contribution in [0.15, 0.2) is 59.9 Å². The van der Waals surface area contributed by atoms with Gasteiger partial charge in [-0.1, -0.05) is 38.1 Å². The Hall–Kier alpha value is -3.08. The van der Waals surface area contributed by atoms with E-state index < -0.39 is 17.7 Å². The second-order valence-electron chi connectivity index (χ2n) is 8.93. The summed E-state index contributed by atoms with van der Waals surface area (Å²) in [6.07, 6.45) is 2.68. The Bertz CT molecular complexity index is 1020. The van der Waals surface area contributed by atoms with E-state index >= 15 is 0 Å². The van der Waals surface area contributed by atoms with Crippen molar-refractivity contribution in [1.29, 1.82) is 0 Å². The van der Waals surface area contributed by atoms with Crippen LogP contribution in [0, 0.1) is 12.8 Å². The summed E-state index contributed by atoms with van der Waals surface area (Å²) in [6.45, 7) is 7.98. The summed E-state index contributed by atoms with van der Waals surface area (Å²) in [7, 11) is 0. The highest BCUT2D eigenvalue weighted by Gasteiger charge is 2.44. The Morgan fingerprint density at radius 3 is 2.26 bits per heavy atom. The van der Waals surface area contributed by atoms with Gasteiger partial charge in [0.05, 0.1) is 11.6 Å². The van der Waals surface area contributed by atoms with Gasteiger partial charge in [0.15, 0.2) is 11.5 Å². The van der Waals surface area contributed by atoms with Crippen molar-refractivity contribution < 1.29 is 14.7 Å². The summed E-state index contributed by atoms with van der Waals surface area (Å²) in [4.78, 5) is 30.2. The van der Waals surface area contributed by atoms with Crippen molar-refractivity contribution in [3.63, 3.8) is 0 Å². The largest absolute Gasteiger partial charge is 0.503 e. The van der Waals surface area contributed by atoms with Crippen molar-refractivity contribution in [3.8, 4) is 0 Å². The highest BCUT2D eigenvalue weighted by molar-refractivity contribution is 6.16. The van der Waals surface area contributed by atoms with E-state index in [4.69, 9.17) is 0 Å². The Balaban J connectivity index is 1.76. The zero-order valence-corrected chi connectivity index (χ0v) is 18.5. The van der Waals surface area contributed by atoms with E-state index in [-0.39, 0.29) is 23.7 Å². The minimum absolute atomic E-state index is 0.134. The normalized spacial score (nSPS) is 19.1. The van der Waals surface area contributed by atoms with E-state index in [2.05, 4.69) is 4.90 Å². The van der Waals surface area contributed by atoms with Crippen LogP contribution in [-0.2, 0) is 9.59 Å². The van der Waals surface area contributed by atoms with Gasteiger partial charge >= 0.3 is 0 Å². The Labute approximate surface area is 184 Å². The number of carbonyl (C=O) groups is 2. The van der Waals surface area contributed by atoms with E-state index in [1.165, 1.54) is 12.8 Å². The first-order valence-electron chi connectivity index (χ1n) is 11.1. The van der Waals surface area contributed by atoms with Crippen molar-refractivity contribution in [1.82, 2.24) is 0 Å². The van der Waals surface area contributed by atoms with Gasteiger partial charge in [-0.3, -0.25) is 14.5 Å². The molecule has 5 heteroatoms. The van der Waals surface area contributed by atoms with Gasteiger partial charge in [-0.05, 0) is 61.1 Å². The number of aliphatic hydroxyl groups is 1. The molecule has 0 aliphatic carbocycles. The van der Waals surface area contributed by atoms with E-state index in [0.717, 1.165) is 29.9 Å². The molecule has 0 saturated carbocycles. The first-order valence-corrected chi connectivity index (χ1v) is 11.1. The lowest BCUT2D eigenvalue weighted by atomic mass is 9.90. The van der Waals surface area contributed by atoms with Crippen molar-refractivity contribution in [2.24, 2.45) is 5.92 Å². The molecule has 2 aliphatic heterocycles. The minimum atomic E-state index is -0.627. The van der Waals surface area contributed by atoms with Crippen LogP contribution in [0.3, 0.4) is 0 Å². The van der Waals surface area contributed by atoms with Crippen molar-refractivity contribution in [2.75, 3.05) is 22.9 Å². The van der Waals surface area contributed by atoms with Gasteiger partial charge in [-0.25, -0.2) is 0 Å². The summed E-state index contributed by atoms with van der Waals surface area (Å²) >= 11 is 0. The second-order valence-corrected chi connectivity index (χ2v) is 8.93. The van der Waals surface area contributed by atoms with E-state index in [1.807, 2.05) is 69.3 Å². The fourth-order valence-electron chi connectivity index (χ4n) is 4.62. The molecular formula is C26H30N2O3. The average Bonchev–Trinajstić information content (AvgIpc) is 3.36. The molecule has 5 nitrogen and oxygen atoms in total. The maximum Gasteiger partial charge on any atom is 0.294 e. The number of carbonyl (C=O) groups excluding carboxylic acids is 2. The average molecular weight is 419 g/mol. The van der Waals surface area contributed by atoms with Gasteiger partial charge in [0.25, 0.3) is 5.91 Å². The maximum atomic E-state index is 13.2. The van der Waals surface area contributed by atoms with Crippen molar-refractivity contribution >= 4 is 23.1 Å². The zero-order chi connectivity index (χ0) is 22.1. The summed E-state index contributed by atoms with van der Waals surface area (Å²) < 4.78 is 0. The van der Waals surface area contributed by atoms with Gasteiger partial charge < -0.3 is 10.0 Å². The molecule has 31 heavy (non-hydrogen) atoms. The minimum Gasteiger partial charge on any atom is -0.503 e. The molecule has 2 aromatic rings. The molecule has 4 rings (SSSR count). The molecule has 2 heterocycles. The molecule has 1 fully saturated rings. The molecule has 1 atom stereocenters. The third kappa shape index (κ3) is 3.97. The molecule has 162 valence electrons. The summed E-state index contributed by atoms with van der Waals surface area (Å²) in [6, 6.07) is 15.0. The van der Waals surface area contributed by atoms with E-state index in [1.54, 1.807) is 4.90 Å². The molecule has 2 aliphatic rings. The van der Waals surface area contributed by atoms with Crippen LogP contribution in [0.2, 0.25) is 0 Å². The molecule has 1 amide bonds. The summed E-state index contributed by atoms with van der Waals surface area (Å²) in [5, 5.41) is 10.8. The number of hydrogen-bond acceptors (Lipinski definition) is 4. The molecule has 1 N–H and O–H groups in total. The number of aryl methyl sites for hydroxylation is 1. The number of rotatable bonds is 6. The third-order valence-electron chi connectivity index (χ3n) is 6.18. The van der Waals surface area contributed by atoms with Gasteiger partial charge in [-0.15, -0.1) is 0 Å². The number of benzene rings is 2. The lowest BCUT2D eigenvalue weighted by Crippen LogP contribution is -2.31. The fourth-order valence-corrected chi connectivity index (χ4v) is 4.62. The first kappa shape index (κ1) is 21.2. The molecular weight excluding hydrogens is 388 g/mol. The standard InChI is InChI=1S/C26H30N2O3/c1-17(2)16-22(29)23-24(21-9-5-4-8-18(21)3)28(26(31)25(23)30)20-12-10-19(11-13-20)27-14-6-7-15-27/h4-5,8-13,17,24,30H,6-7,14-16H2,1-3H3.